The Kier molecular flexibility index (Phi) is 5.97. The number of aliphatic hydroxyl groups is 1. The number of benzene rings is 2. The summed E-state index contributed by atoms with van der Waals surface area (Å²) in [5.74, 6) is -0.936. The molecule has 2 aromatic carbocycles. The third-order valence-electron chi connectivity index (χ3n) is 4.81. The highest BCUT2D eigenvalue weighted by Crippen LogP contribution is 2.36. The van der Waals surface area contributed by atoms with E-state index in [0.29, 0.717) is 0 Å². The highest BCUT2D eigenvalue weighted by atomic mass is 28.3. The van der Waals surface area contributed by atoms with Crippen LogP contribution in [0.5, 0.6) is 0 Å². The topological polar surface area (TPSA) is 46.5 Å². The van der Waals surface area contributed by atoms with E-state index < -0.39 is 20.1 Å². The second-order valence-corrected chi connectivity index (χ2v) is 11.4. The third kappa shape index (κ3) is 3.76. The summed E-state index contributed by atoms with van der Waals surface area (Å²) in [6, 6.07) is 20.3. The molecular weight excluding hydrogens is 316 g/mol. The molecule has 0 aliphatic carbocycles. The number of ether oxygens (including phenoxy) is 1. The van der Waals surface area contributed by atoms with Crippen LogP contribution in [0.1, 0.15) is 18.0 Å². The molecule has 24 heavy (non-hydrogen) atoms. The smallest absolute Gasteiger partial charge is 0.311 e. The van der Waals surface area contributed by atoms with Crippen LogP contribution < -0.4 is 5.19 Å². The van der Waals surface area contributed by atoms with Crippen molar-refractivity contribution < 1.29 is 14.6 Å². The Morgan fingerprint density at radius 3 is 1.96 bits per heavy atom. The first-order valence-corrected chi connectivity index (χ1v) is 11.3. The van der Waals surface area contributed by atoms with Crippen LogP contribution in [0.2, 0.25) is 13.1 Å². The van der Waals surface area contributed by atoms with Crippen LogP contribution >= 0.6 is 0 Å². The summed E-state index contributed by atoms with van der Waals surface area (Å²) >= 11 is 0. The lowest BCUT2D eigenvalue weighted by Gasteiger charge is -2.39. The number of hydrogen-bond acceptors (Lipinski definition) is 3. The monoisotopic (exact) mass is 342 g/mol. The fraction of sp³-hybridized carbons (Fsp3) is 0.350. The van der Waals surface area contributed by atoms with Gasteiger partial charge in [0, 0.05) is 0 Å². The van der Waals surface area contributed by atoms with E-state index in [9.17, 15) is 9.90 Å². The van der Waals surface area contributed by atoms with Gasteiger partial charge in [-0.1, -0.05) is 78.9 Å². The largest absolute Gasteiger partial charge is 0.469 e. The number of hydrogen-bond donors (Lipinski definition) is 1. The van der Waals surface area contributed by atoms with Crippen molar-refractivity contribution in [3.8, 4) is 0 Å². The average Bonchev–Trinajstić information content (AvgIpc) is 2.60. The molecule has 2 rings (SSSR count). The molecule has 0 heterocycles. The van der Waals surface area contributed by atoms with Gasteiger partial charge in [-0.3, -0.25) is 4.79 Å². The molecular formula is C20H26O3Si. The van der Waals surface area contributed by atoms with Gasteiger partial charge in [0.05, 0.1) is 27.2 Å². The van der Waals surface area contributed by atoms with Gasteiger partial charge in [-0.25, -0.2) is 0 Å². The van der Waals surface area contributed by atoms with E-state index in [-0.39, 0.29) is 11.5 Å². The fourth-order valence-corrected chi connectivity index (χ4v) is 7.28. The second-order valence-electron chi connectivity index (χ2n) is 6.77. The number of methoxy groups -OCH3 is 1. The van der Waals surface area contributed by atoms with Crippen LogP contribution in [0.25, 0.3) is 0 Å². The molecule has 1 N–H and O–H groups in total. The highest BCUT2D eigenvalue weighted by Gasteiger charge is 2.45. The summed E-state index contributed by atoms with van der Waals surface area (Å²) in [5.41, 5.74) is 1.00. The molecule has 0 spiro atoms. The van der Waals surface area contributed by atoms with E-state index in [1.54, 1.807) is 6.92 Å². The highest BCUT2D eigenvalue weighted by molar-refractivity contribution is 6.91. The molecule has 128 valence electrons. The van der Waals surface area contributed by atoms with Crippen LogP contribution in [0, 0.1) is 5.92 Å². The third-order valence-corrected chi connectivity index (χ3v) is 8.88. The lowest BCUT2D eigenvalue weighted by Crippen LogP contribution is -2.53. The van der Waals surface area contributed by atoms with E-state index in [4.69, 9.17) is 4.74 Å². The Balaban J connectivity index is 2.61. The molecule has 0 aromatic heterocycles. The Hall–Kier alpha value is -1.91. The van der Waals surface area contributed by atoms with Crippen LogP contribution in [0.15, 0.2) is 60.7 Å². The summed E-state index contributed by atoms with van der Waals surface area (Å²) in [5, 5.41) is 11.6. The van der Waals surface area contributed by atoms with Gasteiger partial charge in [0.2, 0.25) is 0 Å². The molecule has 0 aliphatic heterocycles. The van der Waals surface area contributed by atoms with Gasteiger partial charge >= 0.3 is 5.97 Å². The van der Waals surface area contributed by atoms with Crippen molar-refractivity contribution in [2.24, 2.45) is 5.92 Å². The Bertz CT molecular complexity index is 653. The number of aliphatic hydroxyl groups excluding tert-OH is 1. The van der Waals surface area contributed by atoms with Crippen LogP contribution in [0.3, 0.4) is 0 Å². The van der Waals surface area contributed by atoms with Crippen LogP contribution in [0.4, 0.5) is 0 Å². The normalized spacial score (nSPS) is 15.4. The SMILES string of the molecule is COC(=O)[C@@H]([C@@H](C)O)[C@H](c1ccccc1)[Si](C)(C)c1ccccc1. The molecule has 0 unspecified atom stereocenters. The maximum atomic E-state index is 12.5. The van der Waals surface area contributed by atoms with Crippen LogP contribution in [-0.2, 0) is 9.53 Å². The Morgan fingerprint density at radius 2 is 1.50 bits per heavy atom. The van der Waals surface area contributed by atoms with Gasteiger partial charge < -0.3 is 9.84 Å². The summed E-state index contributed by atoms with van der Waals surface area (Å²) in [6.45, 7) is 6.17. The van der Waals surface area contributed by atoms with Crippen LogP contribution in [-0.4, -0.2) is 32.4 Å². The molecule has 0 fully saturated rings. The molecule has 0 amide bonds. The number of rotatable bonds is 6. The van der Waals surface area contributed by atoms with Gasteiger partial charge in [0.1, 0.15) is 0 Å². The van der Waals surface area contributed by atoms with Crippen molar-refractivity contribution in [2.75, 3.05) is 7.11 Å². The average molecular weight is 343 g/mol. The van der Waals surface area contributed by atoms with Gasteiger partial charge in [0.25, 0.3) is 0 Å². The molecule has 2 aromatic rings. The van der Waals surface area contributed by atoms with Crippen molar-refractivity contribution >= 4 is 19.2 Å². The first-order chi connectivity index (χ1) is 11.4. The van der Waals surface area contributed by atoms with E-state index in [1.165, 1.54) is 12.3 Å². The molecule has 3 atom stereocenters. The lowest BCUT2D eigenvalue weighted by atomic mass is 9.94. The minimum Gasteiger partial charge on any atom is -0.469 e. The molecule has 3 nitrogen and oxygen atoms in total. The minimum atomic E-state index is -2.12. The summed E-state index contributed by atoms with van der Waals surface area (Å²) < 4.78 is 5.03. The van der Waals surface area contributed by atoms with Gasteiger partial charge in [-0.2, -0.15) is 0 Å². The predicted octanol–water partition coefficient (Wildman–Crippen LogP) is 3.10. The predicted molar refractivity (Wildman–Crippen MR) is 99.9 cm³/mol. The quantitative estimate of drug-likeness (QED) is 0.648. The molecule has 0 aliphatic rings. The molecule has 0 saturated heterocycles. The number of esters is 1. The van der Waals surface area contributed by atoms with Crippen molar-refractivity contribution in [3.05, 3.63) is 66.2 Å². The zero-order valence-electron chi connectivity index (χ0n) is 14.8. The van der Waals surface area contributed by atoms with Gasteiger partial charge in [-0.15, -0.1) is 0 Å². The summed E-state index contributed by atoms with van der Waals surface area (Å²) in [7, 11) is -0.730. The number of carbonyl (C=O) groups is 1. The van der Waals surface area contributed by atoms with Crippen molar-refractivity contribution in [1.82, 2.24) is 0 Å². The van der Waals surface area contributed by atoms with E-state index in [2.05, 4.69) is 25.2 Å². The fourth-order valence-electron chi connectivity index (χ4n) is 3.53. The molecule has 0 saturated carbocycles. The zero-order valence-corrected chi connectivity index (χ0v) is 15.8. The summed E-state index contributed by atoms with van der Waals surface area (Å²) in [4.78, 5) is 12.5. The first kappa shape index (κ1) is 18.4. The number of carbonyl (C=O) groups excluding carboxylic acids is 1. The molecule has 4 heteroatoms. The Labute approximate surface area is 145 Å². The lowest BCUT2D eigenvalue weighted by molar-refractivity contribution is -0.149. The van der Waals surface area contributed by atoms with Crippen molar-refractivity contribution in [2.45, 2.75) is 31.7 Å². The van der Waals surface area contributed by atoms with E-state index >= 15 is 0 Å². The zero-order chi connectivity index (χ0) is 17.7. The Morgan fingerprint density at radius 1 is 1.00 bits per heavy atom. The second kappa shape index (κ2) is 7.77. The first-order valence-electron chi connectivity index (χ1n) is 8.26. The van der Waals surface area contributed by atoms with Gasteiger partial charge in [-0.05, 0) is 18.0 Å². The minimum absolute atomic E-state index is 0.0754. The van der Waals surface area contributed by atoms with Gasteiger partial charge in [0.15, 0.2) is 0 Å². The standard InChI is InChI=1S/C20H26O3Si/c1-15(21)18(20(22)23-2)19(16-11-7-5-8-12-16)24(3,4)17-13-9-6-10-14-17/h5-15,18-19,21H,1-4H3/t15-,18+,19+/m1/s1. The van der Waals surface area contributed by atoms with Crippen molar-refractivity contribution in [1.29, 1.82) is 0 Å². The molecule has 0 radical (unpaired) electrons. The summed E-state index contributed by atoms with van der Waals surface area (Å²) in [6.07, 6.45) is -0.779. The van der Waals surface area contributed by atoms with E-state index in [0.717, 1.165) is 5.56 Å². The molecule has 0 bridgehead atoms. The maximum absolute atomic E-state index is 12.5. The maximum Gasteiger partial charge on any atom is 0.311 e. The van der Waals surface area contributed by atoms with Crippen molar-refractivity contribution in [3.63, 3.8) is 0 Å². The van der Waals surface area contributed by atoms with E-state index in [1.807, 2.05) is 48.5 Å².